The molecular formula is C30H36BrN3O4S. The number of nitrogens with one attached hydrogen (secondary N) is 1. The number of halogens is 1. The van der Waals surface area contributed by atoms with Gasteiger partial charge in [-0.15, -0.1) is 0 Å². The Morgan fingerprint density at radius 1 is 0.923 bits per heavy atom. The summed E-state index contributed by atoms with van der Waals surface area (Å²) in [6, 6.07) is 23.1. The average molecular weight is 615 g/mol. The van der Waals surface area contributed by atoms with Crippen LogP contribution in [0, 0.1) is 6.92 Å². The Morgan fingerprint density at radius 3 is 2.13 bits per heavy atom. The van der Waals surface area contributed by atoms with Crippen molar-refractivity contribution in [1.29, 1.82) is 0 Å². The van der Waals surface area contributed by atoms with E-state index < -0.39 is 28.5 Å². The van der Waals surface area contributed by atoms with Crippen molar-refractivity contribution in [1.82, 2.24) is 10.2 Å². The highest BCUT2D eigenvalue weighted by Gasteiger charge is 2.33. The molecule has 0 aromatic heterocycles. The Kier molecular flexibility index (Phi) is 10.7. The molecule has 0 aliphatic rings. The molecule has 0 aliphatic carbocycles. The predicted molar refractivity (Wildman–Crippen MR) is 160 cm³/mol. The van der Waals surface area contributed by atoms with Gasteiger partial charge in [-0.05, 0) is 55.2 Å². The first-order valence-electron chi connectivity index (χ1n) is 12.9. The van der Waals surface area contributed by atoms with Gasteiger partial charge < -0.3 is 10.2 Å². The number of amides is 2. The van der Waals surface area contributed by atoms with Crippen molar-refractivity contribution in [3.63, 3.8) is 0 Å². The molecule has 0 saturated heterocycles. The summed E-state index contributed by atoms with van der Waals surface area (Å²) < 4.78 is 27.8. The second-order valence-corrected chi connectivity index (χ2v) is 12.6. The molecule has 0 saturated carbocycles. The molecule has 0 fully saturated rings. The van der Waals surface area contributed by atoms with Crippen molar-refractivity contribution in [2.45, 2.75) is 52.2 Å². The minimum absolute atomic E-state index is 0.0834. The first-order chi connectivity index (χ1) is 18.5. The van der Waals surface area contributed by atoms with Gasteiger partial charge in [-0.1, -0.05) is 83.5 Å². The molecule has 7 nitrogen and oxygen atoms in total. The minimum atomic E-state index is -3.80. The molecule has 2 amide bonds. The van der Waals surface area contributed by atoms with E-state index in [1.165, 1.54) is 4.90 Å². The smallest absolute Gasteiger partial charge is 0.244 e. The largest absolute Gasteiger partial charge is 0.352 e. The zero-order valence-corrected chi connectivity index (χ0v) is 25.2. The summed E-state index contributed by atoms with van der Waals surface area (Å²) in [6.45, 7) is 5.41. The Hall–Kier alpha value is -3.17. The lowest BCUT2D eigenvalue weighted by molar-refractivity contribution is -0.140. The highest BCUT2D eigenvalue weighted by molar-refractivity contribution is 9.10. The quantitative estimate of drug-likeness (QED) is 0.309. The van der Waals surface area contributed by atoms with Crippen molar-refractivity contribution >= 4 is 43.5 Å². The van der Waals surface area contributed by atoms with Crippen LogP contribution in [0.1, 0.15) is 37.0 Å². The van der Waals surface area contributed by atoms with E-state index in [2.05, 4.69) is 21.2 Å². The molecule has 0 unspecified atom stereocenters. The summed E-state index contributed by atoms with van der Waals surface area (Å²) in [7, 11) is -3.80. The van der Waals surface area contributed by atoms with Crippen molar-refractivity contribution < 1.29 is 18.0 Å². The maximum Gasteiger partial charge on any atom is 0.244 e. The van der Waals surface area contributed by atoms with Gasteiger partial charge in [0.25, 0.3) is 0 Å². The number of sulfonamides is 1. The molecule has 1 N–H and O–H groups in total. The van der Waals surface area contributed by atoms with Crippen LogP contribution >= 0.6 is 15.9 Å². The summed E-state index contributed by atoms with van der Waals surface area (Å²) in [5.41, 5.74) is 2.88. The molecular weight excluding hydrogens is 578 g/mol. The van der Waals surface area contributed by atoms with Gasteiger partial charge in [-0.2, -0.15) is 0 Å². The molecule has 0 heterocycles. The van der Waals surface area contributed by atoms with Crippen molar-refractivity contribution in [2.75, 3.05) is 17.1 Å². The van der Waals surface area contributed by atoms with E-state index in [1.54, 1.807) is 25.1 Å². The van der Waals surface area contributed by atoms with Crippen LogP contribution in [0.2, 0.25) is 0 Å². The lowest BCUT2D eigenvalue weighted by atomic mass is 10.0. The molecule has 39 heavy (non-hydrogen) atoms. The Bertz CT molecular complexity index is 1360. The van der Waals surface area contributed by atoms with Gasteiger partial charge in [-0.3, -0.25) is 13.9 Å². The van der Waals surface area contributed by atoms with E-state index in [-0.39, 0.29) is 24.9 Å². The molecule has 3 aromatic rings. The van der Waals surface area contributed by atoms with Gasteiger partial charge in [-0.25, -0.2) is 8.42 Å². The van der Waals surface area contributed by atoms with Gasteiger partial charge >= 0.3 is 0 Å². The van der Waals surface area contributed by atoms with Crippen LogP contribution in [0.3, 0.4) is 0 Å². The fraction of sp³-hybridized carbons (Fsp3) is 0.333. The number of aryl methyl sites for hydroxylation is 1. The van der Waals surface area contributed by atoms with Crippen LogP contribution in [0.5, 0.6) is 0 Å². The lowest BCUT2D eigenvalue weighted by Gasteiger charge is -2.34. The normalized spacial score (nSPS) is 12.8. The van der Waals surface area contributed by atoms with Crippen molar-refractivity contribution in [2.24, 2.45) is 0 Å². The standard InChI is InChI=1S/C30H36BrN3O4S/c1-5-23(3)32-30(36)28(19-24-12-7-6-8-13-24)33(20-25-15-17-26(31)18-16-25)29(35)21-34(39(4,37)38)27-14-10-9-11-22(27)2/h6-18,23,28H,5,19-21H2,1-4H3,(H,32,36)/t23-,28-/m0/s1. The van der Waals surface area contributed by atoms with Crippen LogP contribution in [-0.2, 0) is 32.6 Å². The summed E-state index contributed by atoms with van der Waals surface area (Å²) in [6.07, 6.45) is 2.11. The number of nitrogens with zero attached hydrogens (tertiary/aromatic N) is 2. The van der Waals surface area contributed by atoms with Crippen molar-refractivity contribution in [3.05, 3.63) is 100 Å². The third kappa shape index (κ3) is 8.66. The van der Waals surface area contributed by atoms with Gasteiger partial charge in [0.2, 0.25) is 21.8 Å². The molecule has 9 heteroatoms. The van der Waals surface area contributed by atoms with E-state index in [0.29, 0.717) is 5.69 Å². The third-order valence-electron chi connectivity index (χ3n) is 6.60. The highest BCUT2D eigenvalue weighted by atomic mass is 79.9. The third-order valence-corrected chi connectivity index (χ3v) is 8.26. The van der Waals surface area contributed by atoms with E-state index in [1.807, 2.05) is 74.5 Å². The molecule has 0 bridgehead atoms. The summed E-state index contributed by atoms with van der Waals surface area (Å²) in [5.74, 6) is -0.743. The number of carbonyl (C=O) groups is 2. The van der Waals surface area contributed by atoms with Crippen LogP contribution in [0.4, 0.5) is 5.69 Å². The fourth-order valence-electron chi connectivity index (χ4n) is 4.22. The van der Waals surface area contributed by atoms with E-state index in [0.717, 1.165) is 38.1 Å². The number of carbonyl (C=O) groups excluding carboxylic acids is 2. The molecule has 0 aliphatic heterocycles. The fourth-order valence-corrected chi connectivity index (χ4v) is 5.39. The molecule has 3 aromatic carbocycles. The summed E-state index contributed by atoms with van der Waals surface area (Å²) in [4.78, 5) is 29.3. The zero-order valence-electron chi connectivity index (χ0n) is 22.8. The number of rotatable bonds is 12. The molecule has 0 radical (unpaired) electrons. The molecule has 0 spiro atoms. The van der Waals surface area contributed by atoms with Gasteiger partial charge in [0.1, 0.15) is 12.6 Å². The highest BCUT2D eigenvalue weighted by Crippen LogP contribution is 2.24. The van der Waals surface area contributed by atoms with E-state index in [9.17, 15) is 18.0 Å². The topological polar surface area (TPSA) is 86.8 Å². The lowest BCUT2D eigenvalue weighted by Crippen LogP contribution is -2.54. The number of hydrogen-bond donors (Lipinski definition) is 1. The Balaban J connectivity index is 2.06. The maximum absolute atomic E-state index is 14.1. The summed E-state index contributed by atoms with van der Waals surface area (Å²) in [5, 5.41) is 3.03. The number of para-hydroxylation sites is 1. The number of hydrogen-bond acceptors (Lipinski definition) is 4. The summed E-state index contributed by atoms with van der Waals surface area (Å²) >= 11 is 3.44. The van der Waals surface area contributed by atoms with Crippen LogP contribution < -0.4 is 9.62 Å². The first-order valence-corrected chi connectivity index (χ1v) is 15.5. The average Bonchev–Trinajstić information content (AvgIpc) is 2.90. The van der Waals surface area contributed by atoms with Gasteiger partial charge in [0, 0.05) is 23.5 Å². The predicted octanol–water partition coefficient (Wildman–Crippen LogP) is 5.08. The maximum atomic E-state index is 14.1. The zero-order chi connectivity index (χ0) is 28.6. The Morgan fingerprint density at radius 2 is 1.54 bits per heavy atom. The van der Waals surface area contributed by atoms with Gasteiger partial charge in [0.05, 0.1) is 11.9 Å². The van der Waals surface area contributed by atoms with Crippen LogP contribution in [0.25, 0.3) is 0 Å². The van der Waals surface area contributed by atoms with Gasteiger partial charge in [0.15, 0.2) is 0 Å². The molecule has 208 valence electrons. The Labute approximate surface area is 240 Å². The van der Waals surface area contributed by atoms with Crippen LogP contribution in [-0.4, -0.2) is 50.0 Å². The molecule has 3 rings (SSSR count). The number of anilines is 1. The minimum Gasteiger partial charge on any atom is -0.352 e. The molecule has 2 atom stereocenters. The van der Waals surface area contributed by atoms with Crippen molar-refractivity contribution in [3.8, 4) is 0 Å². The first kappa shape index (κ1) is 30.4. The SMILES string of the molecule is CC[C@H](C)NC(=O)[C@H](Cc1ccccc1)N(Cc1ccc(Br)cc1)C(=O)CN(c1ccccc1C)S(C)(=O)=O. The monoisotopic (exact) mass is 613 g/mol. The second kappa shape index (κ2) is 13.8. The van der Waals surface area contributed by atoms with Crippen LogP contribution in [0.15, 0.2) is 83.3 Å². The number of benzene rings is 3. The second-order valence-electron chi connectivity index (χ2n) is 9.73. The van der Waals surface area contributed by atoms with E-state index in [4.69, 9.17) is 0 Å². The van der Waals surface area contributed by atoms with E-state index >= 15 is 0 Å².